The summed E-state index contributed by atoms with van der Waals surface area (Å²) >= 11 is 0. The Hall–Kier alpha value is -2.89. The van der Waals surface area contributed by atoms with Gasteiger partial charge in [-0.25, -0.2) is 4.39 Å². The number of ether oxygens (including phenoxy) is 1. The molecule has 2 aromatic rings. The fourth-order valence-corrected chi connectivity index (χ4v) is 2.77. The largest absolute Gasteiger partial charge is 0.492 e. The third-order valence-corrected chi connectivity index (χ3v) is 3.82. The molecule has 0 aromatic heterocycles. The fourth-order valence-electron chi connectivity index (χ4n) is 2.77. The van der Waals surface area contributed by atoms with Crippen LogP contribution in [0.25, 0.3) is 0 Å². The molecule has 0 fully saturated rings. The van der Waals surface area contributed by atoms with Gasteiger partial charge in [0.05, 0.1) is 12.3 Å². The number of carbonyl (C=O) groups excluding carboxylic acids is 2. The van der Waals surface area contributed by atoms with Gasteiger partial charge in [0.1, 0.15) is 18.0 Å². The highest BCUT2D eigenvalue weighted by Gasteiger charge is 2.22. The van der Waals surface area contributed by atoms with Crippen LogP contribution in [0.1, 0.15) is 32.8 Å². The molecule has 0 heterocycles. The fraction of sp³-hybridized carbons (Fsp3) is 0.333. The van der Waals surface area contributed by atoms with Crippen LogP contribution in [0, 0.1) is 5.82 Å². The summed E-state index contributed by atoms with van der Waals surface area (Å²) in [6, 6.07) is 13.2. The molecule has 6 heteroatoms. The number of anilines is 1. The molecule has 0 spiro atoms. The molecular formula is C21H25FN2O3. The summed E-state index contributed by atoms with van der Waals surface area (Å²) in [7, 11) is 0. The Morgan fingerprint density at radius 2 is 1.70 bits per heavy atom. The van der Waals surface area contributed by atoms with E-state index in [1.54, 1.807) is 30.3 Å². The number of halogens is 1. The van der Waals surface area contributed by atoms with Crippen molar-refractivity contribution in [2.75, 3.05) is 11.9 Å². The van der Waals surface area contributed by atoms with E-state index in [4.69, 9.17) is 4.74 Å². The molecule has 0 saturated carbocycles. The van der Waals surface area contributed by atoms with Gasteiger partial charge in [-0.3, -0.25) is 9.59 Å². The average molecular weight is 372 g/mol. The molecule has 0 saturated heterocycles. The highest BCUT2D eigenvalue weighted by molar-refractivity contribution is 6.04. The van der Waals surface area contributed by atoms with Crippen molar-refractivity contribution in [3.05, 3.63) is 59.9 Å². The van der Waals surface area contributed by atoms with Gasteiger partial charge in [-0.15, -0.1) is 0 Å². The lowest BCUT2D eigenvalue weighted by Gasteiger charge is -2.26. The van der Waals surface area contributed by atoms with Crippen molar-refractivity contribution in [1.82, 2.24) is 5.32 Å². The van der Waals surface area contributed by atoms with Gasteiger partial charge >= 0.3 is 0 Å². The lowest BCUT2D eigenvalue weighted by Crippen LogP contribution is -2.46. The Morgan fingerprint density at radius 1 is 1.04 bits per heavy atom. The summed E-state index contributed by atoms with van der Waals surface area (Å²) in [5, 5.41) is 5.55. The van der Waals surface area contributed by atoms with Crippen molar-refractivity contribution in [2.24, 2.45) is 0 Å². The standard InChI is InChI=1S/C21H25FN2O3/c1-4-27-18-8-6-5-7-17(18)23-19(25)13-20(26)24-21(2,3)14-15-9-11-16(22)12-10-15/h5-12H,4,13-14H2,1-3H3,(H,23,25)(H,24,26). The number of nitrogens with one attached hydrogen (secondary N) is 2. The Bertz CT molecular complexity index is 788. The molecule has 144 valence electrons. The molecule has 0 bridgehead atoms. The average Bonchev–Trinajstić information content (AvgIpc) is 2.58. The van der Waals surface area contributed by atoms with E-state index in [0.29, 0.717) is 24.5 Å². The first kappa shape index (κ1) is 20.4. The number of amides is 2. The predicted octanol–water partition coefficient (Wildman–Crippen LogP) is 3.69. The van der Waals surface area contributed by atoms with Crippen molar-refractivity contribution >= 4 is 17.5 Å². The van der Waals surface area contributed by atoms with E-state index in [-0.39, 0.29) is 18.1 Å². The summed E-state index contributed by atoms with van der Waals surface area (Å²) < 4.78 is 18.5. The molecule has 2 aromatic carbocycles. The second kappa shape index (κ2) is 9.16. The van der Waals surface area contributed by atoms with Crippen LogP contribution < -0.4 is 15.4 Å². The zero-order chi connectivity index (χ0) is 19.9. The molecule has 0 unspecified atom stereocenters. The molecule has 0 aliphatic heterocycles. The number of hydrogen-bond donors (Lipinski definition) is 2. The van der Waals surface area contributed by atoms with E-state index >= 15 is 0 Å². The van der Waals surface area contributed by atoms with Crippen molar-refractivity contribution in [3.63, 3.8) is 0 Å². The molecule has 0 aliphatic carbocycles. The van der Waals surface area contributed by atoms with E-state index in [9.17, 15) is 14.0 Å². The number of para-hydroxylation sites is 2. The first-order valence-electron chi connectivity index (χ1n) is 8.86. The van der Waals surface area contributed by atoms with Crippen LogP contribution >= 0.6 is 0 Å². The van der Waals surface area contributed by atoms with Crippen LogP contribution in [0.4, 0.5) is 10.1 Å². The van der Waals surface area contributed by atoms with Gasteiger partial charge in [0.15, 0.2) is 0 Å². The smallest absolute Gasteiger partial charge is 0.233 e. The third-order valence-electron chi connectivity index (χ3n) is 3.82. The molecule has 0 atom stereocenters. The van der Waals surface area contributed by atoms with E-state index < -0.39 is 11.4 Å². The quantitative estimate of drug-likeness (QED) is 0.695. The van der Waals surface area contributed by atoms with Gasteiger partial charge in [-0.05, 0) is 57.0 Å². The Labute approximate surface area is 158 Å². The Balaban J connectivity index is 1.90. The maximum atomic E-state index is 13.0. The first-order valence-corrected chi connectivity index (χ1v) is 8.86. The molecule has 2 N–H and O–H groups in total. The van der Waals surface area contributed by atoms with E-state index in [1.807, 2.05) is 26.8 Å². The minimum atomic E-state index is -0.571. The van der Waals surface area contributed by atoms with E-state index in [2.05, 4.69) is 10.6 Å². The van der Waals surface area contributed by atoms with Gasteiger partial charge < -0.3 is 15.4 Å². The Morgan fingerprint density at radius 3 is 2.37 bits per heavy atom. The van der Waals surface area contributed by atoms with Crippen LogP contribution in [0.3, 0.4) is 0 Å². The maximum absolute atomic E-state index is 13.0. The molecular weight excluding hydrogens is 347 g/mol. The van der Waals surface area contributed by atoms with E-state index in [1.165, 1.54) is 12.1 Å². The van der Waals surface area contributed by atoms with Crippen LogP contribution in [0.5, 0.6) is 5.75 Å². The highest BCUT2D eigenvalue weighted by atomic mass is 19.1. The molecule has 2 amide bonds. The van der Waals surface area contributed by atoms with Crippen LogP contribution in [0.15, 0.2) is 48.5 Å². The van der Waals surface area contributed by atoms with Crippen LogP contribution in [-0.2, 0) is 16.0 Å². The molecule has 27 heavy (non-hydrogen) atoms. The van der Waals surface area contributed by atoms with Gasteiger partial charge in [-0.2, -0.15) is 0 Å². The SMILES string of the molecule is CCOc1ccccc1NC(=O)CC(=O)NC(C)(C)Cc1ccc(F)cc1. The van der Waals surface area contributed by atoms with Gasteiger partial charge in [0.25, 0.3) is 0 Å². The van der Waals surface area contributed by atoms with Crippen molar-refractivity contribution in [2.45, 2.75) is 39.2 Å². The third kappa shape index (κ3) is 6.73. The normalized spacial score (nSPS) is 11.0. The zero-order valence-electron chi connectivity index (χ0n) is 15.8. The van der Waals surface area contributed by atoms with Crippen LogP contribution in [0.2, 0.25) is 0 Å². The summed E-state index contributed by atoms with van der Waals surface area (Å²) in [4.78, 5) is 24.4. The van der Waals surface area contributed by atoms with Gasteiger partial charge in [0.2, 0.25) is 11.8 Å². The summed E-state index contributed by atoms with van der Waals surface area (Å²) in [5.74, 6) is -0.541. The Kier molecular flexibility index (Phi) is 6.93. The highest BCUT2D eigenvalue weighted by Crippen LogP contribution is 2.23. The number of carbonyl (C=O) groups is 2. The zero-order valence-corrected chi connectivity index (χ0v) is 15.8. The molecule has 0 radical (unpaired) electrons. The number of benzene rings is 2. The lowest BCUT2D eigenvalue weighted by atomic mass is 9.94. The van der Waals surface area contributed by atoms with Crippen LogP contribution in [-0.4, -0.2) is 24.0 Å². The number of hydrogen-bond acceptors (Lipinski definition) is 3. The molecule has 2 rings (SSSR count). The minimum absolute atomic E-state index is 0.298. The molecule has 5 nitrogen and oxygen atoms in total. The topological polar surface area (TPSA) is 67.4 Å². The van der Waals surface area contributed by atoms with Crippen molar-refractivity contribution < 1.29 is 18.7 Å². The predicted molar refractivity (Wildman–Crippen MR) is 103 cm³/mol. The molecule has 0 aliphatic rings. The second-order valence-electron chi connectivity index (χ2n) is 6.89. The number of rotatable bonds is 8. The van der Waals surface area contributed by atoms with Gasteiger partial charge in [0, 0.05) is 5.54 Å². The summed E-state index contributed by atoms with van der Waals surface area (Å²) in [6.45, 7) is 6.05. The van der Waals surface area contributed by atoms with Crippen molar-refractivity contribution in [3.8, 4) is 5.75 Å². The van der Waals surface area contributed by atoms with Gasteiger partial charge in [-0.1, -0.05) is 24.3 Å². The van der Waals surface area contributed by atoms with E-state index in [0.717, 1.165) is 5.56 Å². The lowest BCUT2D eigenvalue weighted by molar-refractivity contribution is -0.127. The monoisotopic (exact) mass is 372 g/mol. The first-order chi connectivity index (χ1) is 12.8. The summed E-state index contributed by atoms with van der Waals surface area (Å²) in [5.41, 5.74) is 0.859. The minimum Gasteiger partial charge on any atom is -0.492 e. The maximum Gasteiger partial charge on any atom is 0.233 e. The summed E-state index contributed by atoms with van der Waals surface area (Å²) in [6.07, 6.45) is 0.223. The van der Waals surface area contributed by atoms with Crippen molar-refractivity contribution in [1.29, 1.82) is 0 Å². The second-order valence-corrected chi connectivity index (χ2v) is 6.89.